The van der Waals surface area contributed by atoms with Crippen LogP contribution in [0.4, 0.5) is 4.39 Å². The van der Waals surface area contributed by atoms with Crippen molar-refractivity contribution in [3.63, 3.8) is 0 Å². The van der Waals surface area contributed by atoms with Gasteiger partial charge >= 0.3 is 0 Å². The minimum absolute atomic E-state index is 0.0162. The van der Waals surface area contributed by atoms with Gasteiger partial charge in [-0.1, -0.05) is 12.1 Å². The van der Waals surface area contributed by atoms with Crippen LogP contribution in [0.2, 0.25) is 0 Å². The molecule has 1 saturated carbocycles. The lowest BCUT2D eigenvalue weighted by Gasteiger charge is -2.37. The fourth-order valence-electron chi connectivity index (χ4n) is 4.57. The topological polar surface area (TPSA) is 70.7 Å². The maximum atomic E-state index is 12.9. The van der Waals surface area contributed by atoms with E-state index < -0.39 is 0 Å². The SMILES string of the molecule is CO[C@@H]1C[C@H]2CN(CC(=O)NCCc3ccc(F)cc3)C[C@H]2C[C@H]1NC(C)=O. The van der Waals surface area contributed by atoms with Gasteiger partial charge < -0.3 is 15.4 Å². The predicted molar refractivity (Wildman–Crippen MR) is 104 cm³/mol. The zero-order valence-corrected chi connectivity index (χ0v) is 16.6. The highest BCUT2D eigenvalue weighted by atomic mass is 19.1. The molecule has 1 heterocycles. The van der Waals surface area contributed by atoms with E-state index in [1.807, 2.05) is 0 Å². The average molecular weight is 391 g/mol. The third-order valence-electron chi connectivity index (χ3n) is 5.90. The number of amides is 2. The number of rotatable bonds is 7. The number of ether oxygens (including phenoxy) is 1. The van der Waals surface area contributed by atoms with Crippen LogP contribution >= 0.6 is 0 Å². The Morgan fingerprint density at radius 1 is 1.18 bits per heavy atom. The molecule has 3 rings (SSSR count). The minimum Gasteiger partial charge on any atom is -0.379 e. The van der Waals surface area contributed by atoms with Crippen molar-refractivity contribution in [3.8, 4) is 0 Å². The summed E-state index contributed by atoms with van der Waals surface area (Å²) in [4.78, 5) is 25.9. The van der Waals surface area contributed by atoms with Crippen molar-refractivity contribution in [1.82, 2.24) is 15.5 Å². The molecule has 0 spiro atoms. The second kappa shape index (κ2) is 9.47. The fourth-order valence-corrected chi connectivity index (χ4v) is 4.57. The molecular formula is C21H30FN3O3. The van der Waals surface area contributed by atoms with Crippen LogP contribution in [0.15, 0.2) is 24.3 Å². The number of likely N-dealkylation sites (tertiary alicyclic amines) is 1. The van der Waals surface area contributed by atoms with E-state index in [0.717, 1.165) is 31.5 Å². The third-order valence-corrected chi connectivity index (χ3v) is 5.90. The first-order valence-electron chi connectivity index (χ1n) is 9.98. The number of fused-ring (bicyclic) bond motifs is 1. The summed E-state index contributed by atoms with van der Waals surface area (Å²) in [5, 5.41) is 5.97. The lowest BCUT2D eigenvalue weighted by molar-refractivity contribution is -0.122. The summed E-state index contributed by atoms with van der Waals surface area (Å²) in [6, 6.07) is 6.40. The number of methoxy groups -OCH3 is 1. The van der Waals surface area contributed by atoms with E-state index >= 15 is 0 Å². The summed E-state index contributed by atoms with van der Waals surface area (Å²) in [6.07, 6.45) is 2.53. The van der Waals surface area contributed by atoms with Gasteiger partial charge in [0.15, 0.2) is 0 Å². The lowest BCUT2D eigenvalue weighted by Crippen LogP contribution is -2.49. The van der Waals surface area contributed by atoms with Crippen molar-refractivity contribution in [2.24, 2.45) is 11.8 Å². The number of hydrogen-bond donors (Lipinski definition) is 2. The molecule has 2 amide bonds. The van der Waals surface area contributed by atoms with Crippen LogP contribution in [-0.2, 0) is 20.7 Å². The first-order valence-corrected chi connectivity index (χ1v) is 9.98. The molecule has 2 N–H and O–H groups in total. The largest absolute Gasteiger partial charge is 0.379 e. The van der Waals surface area contributed by atoms with Crippen molar-refractivity contribution >= 4 is 11.8 Å². The molecule has 1 aromatic carbocycles. The molecule has 2 fully saturated rings. The summed E-state index contributed by atoms with van der Waals surface area (Å²) >= 11 is 0. The number of benzene rings is 1. The summed E-state index contributed by atoms with van der Waals surface area (Å²) in [5.41, 5.74) is 1.00. The van der Waals surface area contributed by atoms with Crippen LogP contribution in [0.1, 0.15) is 25.3 Å². The molecule has 1 aliphatic heterocycles. The zero-order valence-electron chi connectivity index (χ0n) is 16.6. The maximum Gasteiger partial charge on any atom is 0.234 e. The van der Waals surface area contributed by atoms with Crippen molar-refractivity contribution in [1.29, 1.82) is 0 Å². The van der Waals surface area contributed by atoms with E-state index in [9.17, 15) is 14.0 Å². The van der Waals surface area contributed by atoms with Gasteiger partial charge in [-0.2, -0.15) is 0 Å². The third kappa shape index (κ3) is 5.52. The highest BCUT2D eigenvalue weighted by Crippen LogP contribution is 2.37. The van der Waals surface area contributed by atoms with E-state index in [2.05, 4.69) is 15.5 Å². The standard InChI is InChI=1S/C21H30FN3O3/c1-14(26)24-19-9-16-11-25(12-17(16)10-20(19)28-2)13-21(27)23-8-7-15-3-5-18(22)6-4-15/h3-6,16-17,19-20H,7-13H2,1-2H3,(H,23,27)(H,24,26)/t16-,17+,19-,20-/m1/s1. The Labute approximate surface area is 165 Å². The van der Waals surface area contributed by atoms with Gasteiger partial charge in [0.05, 0.1) is 18.7 Å². The average Bonchev–Trinajstić information content (AvgIpc) is 3.03. The van der Waals surface area contributed by atoms with Crippen LogP contribution in [0, 0.1) is 17.7 Å². The molecule has 1 aliphatic carbocycles. The Hall–Kier alpha value is -1.99. The first-order chi connectivity index (χ1) is 13.4. The van der Waals surface area contributed by atoms with Crippen LogP contribution < -0.4 is 10.6 Å². The number of nitrogens with one attached hydrogen (secondary N) is 2. The first kappa shape index (κ1) is 20.7. The quantitative estimate of drug-likeness (QED) is 0.736. The Kier molecular flexibility index (Phi) is 7.02. The van der Waals surface area contributed by atoms with E-state index in [1.165, 1.54) is 19.1 Å². The van der Waals surface area contributed by atoms with Crippen LogP contribution in [0.25, 0.3) is 0 Å². The molecule has 6 nitrogen and oxygen atoms in total. The molecule has 2 aliphatic rings. The molecule has 1 saturated heterocycles. The summed E-state index contributed by atoms with van der Waals surface area (Å²) in [6.45, 7) is 4.24. The molecule has 28 heavy (non-hydrogen) atoms. The van der Waals surface area contributed by atoms with E-state index in [0.29, 0.717) is 31.3 Å². The van der Waals surface area contributed by atoms with E-state index in [4.69, 9.17) is 4.74 Å². The molecule has 0 bridgehead atoms. The molecule has 154 valence electrons. The van der Waals surface area contributed by atoms with Crippen LogP contribution in [0.5, 0.6) is 0 Å². The normalized spacial score (nSPS) is 27.2. The fraction of sp³-hybridized carbons (Fsp3) is 0.619. The van der Waals surface area contributed by atoms with Gasteiger partial charge in [-0.15, -0.1) is 0 Å². The smallest absolute Gasteiger partial charge is 0.234 e. The summed E-state index contributed by atoms with van der Waals surface area (Å²) < 4.78 is 18.5. The van der Waals surface area contributed by atoms with Gasteiger partial charge in [-0.25, -0.2) is 4.39 Å². The highest BCUT2D eigenvalue weighted by molar-refractivity contribution is 5.78. The molecule has 4 atom stereocenters. The van der Waals surface area contributed by atoms with Crippen molar-refractivity contribution in [2.75, 3.05) is 33.3 Å². The van der Waals surface area contributed by atoms with Gasteiger partial charge in [0, 0.05) is 33.7 Å². The number of nitrogens with zero attached hydrogens (tertiary/aromatic N) is 1. The van der Waals surface area contributed by atoms with Crippen LogP contribution in [0.3, 0.4) is 0 Å². The Morgan fingerprint density at radius 3 is 2.50 bits per heavy atom. The van der Waals surface area contributed by atoms with Crippen molar-refractivity contribution in [2.45, 2.75) is 38.3 Å². The monoisotopic (exact) mass is 391 g/mol. The van der Waals surface area contributed by atoms with Gasteiger partial charge in [0.2, 0.25) is 11.8 Å². The lowest BCUT2D eigenvalue weighted by atomic mass is 9.77. The molecule has 0 aromatic heterocycles. The summed E-state index contributed by atoms with van der Waals surface area (Å²) in [5.74, 6) is 0.723. The van der Waals surface area contributed by atoms with Gasteiger partial charge in [-0.05, 0) is 48.8 Å². The summed E-state index contributed by atoms with van der Waals surface area (Å²) in [7, 11) is 1.70. The zero-order chi connectivity index (χ0) is 20.1. The molecule has 0 radical (unpaired) electrons. The molecular weight excluding hydrogens is 361 g/mol. The molecule has 7 heteroatoms. The Balaban J connectivity index is 1.43. The van der Waals surface area contributed by atoms with Gasteiger partial charge in [0.25, 0.3) is 0 Å². The molecule has 0 unspecified atom stereocenters. The number of hydrogen-bond acceptors (Lipinski definition) is 4. The van der Waals surface area contributed by atoms with Crippen molar-refractivity contribution < 1.29 is 18.7 Å². The predicted octanol–water partition coefficient (Wildman–Crippen LogP) is 1.35. The maximum absolute atomic E-state index is 12.9. The number of halogens is 1. The van der Waals surface area contributed by atoms with Gasteiger partial charge in [-0.3, -0.25) is 14.5 Å². The van der Waals surface area contributed by atoms with E-state index in [-0.39, 0.29) is 29.8 Å². The minimum atomic E-state index is -0.250. The number of carbonyl (C=O) groups excluding carboxylic acids is 2. The Morgan fingerprint density at radius 2 is 1.86 bits per heavy atom. The Bertz CT molecular complexity index is 682. The second-order valence-corrected chi connectivity index (χ2v) is 7.99. The van der Waals surface area contributed by atoms with Crippen molar-refractivity contribution in [3.05, 3.63) is 35.6 Å². The van der Waals surface area contributed by atoms with Crippen LogP contribution in [-0.4, -0.2) is 62.1 Å². The number of carbonyl (C=O) groups is 2. The van der Waals surface area contributed by atoms with E-state index in [1.54, 1.807) is 19.2 Å². The molecule has 1 aromatic rings. The second-order valence-electron chi connectivity index (χ2n) is 7.99. The highest BCUT2D eigenvalue weighted by Gasteiger charge is 2.42. The van der Waals surface area contributed by atoms with Gasteiger partial charge in [0.1, 0.15) is 5.82 Å².